The van der Waals surface area contributed by atoms with Crippen molar-refractivity contribution in [3.63, 3.8) is 0 Å². The molecule has 0 spiro atoms. The van der Waals surface area contributed by atoms with Gasteiger partial charge in [0.15, 0.2) is 0 Å². The lowest BCUT2D eigenvalue weighted by molar-refractivity contribution is -0.145. The SMILES string of the molecule is CC(C)(C)C(CCN)CCC(=O)OCc1ccccc1F. The molecule has 0 saturated heterocycles. The molecule has 4 heteroatoms. The summed E-state index contributed by atoms with van der Waals surface area (Å²) in [6.07, 6.45) is 1.98. The zero-order valence-electron chi connectivity index (χ0n) is 13.2. The molecule has 0 amide bonds. The van der Waals surface area contributed by atoms with E-state index in [1.807, 2.05) is 0 Å². The highest BCUT2D eigenvalue weighted by Gasteiger charge is 2.24. The first-order valence-electron chi connectivity index (χ1n) is 7.43. The highest BCUT2D eigenvalue weighted by atomic mass is 19.1. The summed E-state index contributed by atoms with van der Waals surface area (Å²) in [4.78, 5) is 11.8. The molecule has 3 nitrogen and oxygen atoms in total. The molecule has 1 atom stereocenters. The molecule has 1 aromatic carbocycles. The Morgan fingerprint density at radius 1 is 1.29 bits per heavy atom. The Bertz CT molecular complexity index is 454. The van der Waals surface area contributed by atoms with E-state index in [4.69, 9.17) is 10.5 Å². The molecule has 1 unspecified atom stereocenters. The van der Waals surface area contributed by atoms with Crippen molar-refractivity contribution in [2.24, 2.45) is 17.1 Å². The minimum Gasteiger partial charge on any atom is -0.461 e. The Kier molecular flexibility index (Phi) is 6.82. The molecule has 0 radical (unpaired) electrons. The summed E-state index contributed by atoms with van der Waals surface area (Å²) >= 11 is 0. The number of carbonyl (C=O) groups is 1. The summed E-state index contributed by atoms with van der Waals surface area (Å²) in [6, 6.07) is 6.32. The van der Waals surface area contributed by atoms with Gasteiger partial charge in [0.1, 0.15) is 12.4 Å². The van der Waals surface area contributed by atoms with Gasteiger partial charge in [0.25, 0.3) is 0 Å². The van der Waals surface area contributed by atoms with Crippen LogP contribution < -0.4 is 5.73 Å². The number of ether oxygens (including phenoxy) is 1. The van der Waals surface area contributed by atoms with Gasteiger partial charge in [0, 0.05) is 12.0 Å². The normalized spacial score (nSPS) is 13.0. The average Bonchev–Trinajstić information content (AvgIpc) is 2.41. The van der Waals surface area contributed by atoms with Crippen LogP contribution in [0.4, 0.5) is 4.39 Å². The van der Waals surface area contributed by atoms with Crippen molar-refractivity contribution in [2.75, 3.05) is 6.54 Å². The van der Waals surface area contributed by atoms with Gasteiger partial charge in [-0.1, -0.05) is 39.0 Å². The highest BCUT2D eigenvalue weighted by Crippen LogP contribution is 2.32. The number of benzene rings is 1. The number of carbonyl (C=O) groups excluding carboxylic acids is 1. The van der Waals surface area contributed by atoms with E-state index < -0.39 is 0 Å². The molecule has 0 heterocycles. The molecule has 118 valence electrons. The van der Waals surface area contributed by atoms with Crippen molar-refractivity contribution in [2.45, 2.75) is 46.6 Å². The van der Waals surface area contributed by atoms with Crippen LogP contribution in [0.25, 0.3) is 0 Å². The number of esters is 1. The molecule has 0 aliphatic rings. The first-order chi connectivity index (χ1) is 9.84. The fraction of sp³-hybridized carbons (Fsp3) is 0.588. The van der Waals surface area contributed by atoms with Crippen LogP contribution in [0.5, 0.6) is 0 Å². The van der Waals surface area contributed by atoms with E-state index in [2.05, 4.69) is 20.8 Å². The molecular weight excluding hydrogens is 269 g/mol. The Labute approximate surface area is 126 Å². The van der Waals surface area contributed by atoms with Crippen molar-refractivity contribution in [1.29, 1.82) is 0 Å². The summed E-state index contributed by atoms with van der Waals surface area (Å²) in [6.45, 7) is 7.06. The van der Waals surface area contributed by atoms with Gasteiger partial charge in [0.05, 0.1) is 0 Å². The maximum atomic E-state index is 13.4. The van der Waals surface area contributed by atoms with Gasteiger partial charge in [-0.05, 0) is 36.8 Å². The van der Waals surface area contributed by atoms with E-state index >= 15 is 0 Å². The molecule has 0 bridgehead atoms. The predicted octanol–water partition coefficient (Wildman–Crippen LogP) is 3.66. The average molecular weight is 295 g/mol. The van der Waals surface area contributed by atoms with Gasteiger partial charge >= 0.3 is 5.97 Å². The standard InChI is InChI=1S/C17H26FNO2/c1-17(2,3)14(10-11-19)8-9-16(20)21-12-13-6-4-5-7-15(13)18/h4-7,14H,8-12,19H2,1-3H3. The van der Waals surface area contributed by atoms with Crippen molar-refractivity contribution >= 4 is 5.97 Å². The third-order valence-electron chi connectivity index (χ3n) is 3.78. The minimum absolute atomic E-state index is 0.0113. The molecular formula is C17H26FNO2. The highest BCUT2D eigenvalue weighted by molar-refractivity contribution is 5.69. The number of hydrogen-bond donors (Lipinski definition) is 1. The van der Waals surface area contributed by atoms with Crippen LogP contribution >= 0.6 is 0 Å². The second-order valence-electron chi connectivity index (χ2n) is 6.43. The number of nitrogens with two attached hydrogens (primary N) is 1. The zero-order valence-corrected chi connectivity index (χ0v) is 13.2. The predicted molar refractivity (Wildman–Crippen MR) is 82.0 cm³/mol. The van der Waals surface area contributed by atoms with Gasteiger partial charge in [-0.15, -0.1) is 0 Å². The molecule has 2 N–H and O–H groups in total. The van der Waals surface area contributed by atoms with Gasteiger partial charge in [-0.3, -0.25) is 4.79 Å². The first kappa shape index (κ1) is 17.6. The van der Waals surface area contributed by atoms with Gasteiger partial charge in [-0.25, -0.2) is 4.39 Å². The van der Waals surface area contributed by atoms with Crippen LogP contribution in [0.3, 0.4) is 0 Å². The van der Waals surface area contributed by atoms with Crippen LogP contribution in [0.15, 0.2) is 24.3 Å². The van der Waals surface area contributed by atoms with E-state index in [9.17, 15) is 9.18 Å². The molecule has 0 saturated carbocycles. The second-order valence-corrected chi connectivity index (χ2v) is 6.43. The molecule has 0 fully saturated rings. The molecule has 0 aromatic heterocycles. The fourth-order valence-corrected chi connectivity index (χ4v) is 2.35. The third-order valence-corrected chi connectivity index (χ3v) is 3.78. The Morgan fingerprint density at radius 3 is 2.52 bits per heavy atom. The van der Waals surface area contributed by atoms with Crippen molar-refractivity contribution < 1.29 is 13.9 Å². The maximum absolute atomic E-state index is 13.4. The van der Waals surface area contributed by atoms with Gasteiger partial charge < -0.3 is 10.5 Å². The van der Waals surface area contributed by atoms with E-state index in [0.29, 0.717) is 24.4 Å². The first-order valence-corrected chi connectivity index (χ1v) is 7.43. The van der Waals surface area contributed by atoms with Crippen molar-refractivity contribution in [3.8, 4) is 0 Å². The monoisotopic (exact) mass is 295 g/mol. The van der Waals surface area contributed by atoms with E-state index in [1.54, 1.807) is 18.2 Å². The molecule has 21 heavy (non-hydrogen) atoms. The summed E-state index contributed by atoms with van der Waals surface area (Å²) in [5.74, 6) is -0.256. The van der Waals surface area contributed by atoms with E-state index in [0.717, 1.165) is 12.8 Å². The van der Waals surface area contributed by atoms with Crippen LogP contribution in [-0.2, 0) is 16.1 Å². The van der Waals surface area contributed by atoms with Crippen molar-refractivity contribution in [1.82, 2.24) is 0 Å². The minimum atomic E-state index is -0.346. The van der Waals surface area contributed by atoms with Crippen LogP contribution in [0, 0.1) is 17.2 Å². The Hall–Kier alpha value is -1.42. The smallest absolute Gasteiger partial charge is 0.306 e. The Balaban J connectivity index is 2.41. The van der Waals surface area contributed by atoms with E-state index in [1.165, 1.54) is 6.07 Å². The van der Waals surface area contributed by atoms with Crippen LogP contribution in [-0.4, -0.2) is 12.5 Å². The van der Waals surface area contributed by atoms with Gasteiger partial charge in [0.2, 0.25) is 0 Å². The maximum Gasteiger partial charge on any atom is 0.306 e. The molecule has 0 aliphatic carbocycles. The fourth-order valence-electron chi connectivity index (χ4n) is 2.35. The topological polar surface area (TPSA) is 52.3 Å². The summed E-state index contributed by atoms with van der Waals surface area (Å²) in [5, 5.41) is 0. The number of halogens is 1. The molecule has 1 aromatic rings. The molecule has 0 aliphatic heterocycles. The number of hydrogen-bond acceptors (Lipinski definition) is 3. The summed E-state index contributed by atoms with van der Waals surface area (Å²) in [7, 11) is 0. The lowest BCUT2D eigenvalue weighted by Gasteiger charge is -2.30. The van der Waals surface area contributed by atoms with Crippen molar-refractivity contribution in [3.05, 3.63) is 35.6 Å². The third kappa shape index (κ3) is 6.25. The Morgan fingerprint density at radius 2 is 1.95 bits per heavy atom. The van der Waals surface area contributed by atoms with Crippen LogP contribution in [0.2, 0.25) is 0 Å². The lowest BCUT2D eigenvalue weighted by atomic mass is 9.76. The largest absolute Gasteiger partial charge is 0.461 e. The van der Waals surface area contributed by atoms with E-state index in [-0.39, 0.29) is 23.8 Å². The van der Waals surface area contributed by atoms with Crippen LogP contribution in [0.1, 0.15) is 45.6 Å². The quantitative estimate of drug-likeness (QED) is 0.781. The van der Waals surface area contributed by atoms with Gasteiger partial charge in [-0.2, -0.15) is 0 Å². The summed E-state index contributed by atoms with van der Waals surface area (Å²) < 4.78 is 18.5. The molecule has 1 rings (SSSR count). The second kappa shape index (κ2) is 8.13. The zero-order chi connectivity index (χ0) is 15.9. The number of rotatable bonds is 7. The summed E-state index contributed by atoms with van der Waals surface area (Å²) in [5.41, 5.74) is 6.15. The lowest BCUT2D eigenvalue weighted by Crippen LogP contribution is -2.24.